The number of rotatable bonds is 6. The molecule has 9 nitrogen and oxygen atoms in total. The molecule has 0 saturated carbocycles. The van der Waals surface area contributed by atoms with Crippen molar-refractivity contribution < 1.29 is 17.9 Å². The Labute approximate surface area is 151 Å². The molecule has 2 aromatic carbocycles. The van der Waals surface area contributed by atoms with E-state index >= 15 is 0 Å². The second-order valence-corrected chi connectivity index (χ2v) is 7.24. The van der Waals surface area contributed by atoms with Crippen LogP contribution < -0.4 is 31.2 Å². The maximum atomic E-state index is 12.5. The summed E-state index contributed by atoms with van der Waals surface area (Å²) in [4.78, 5) is 12.6. The molecular weight excluding hydrogens is 358 g/mol. The van der Waals surface area contributed by atoms with E-state index in [1.807, 2.05) is 0 Å². The summed E-state index contributed by atoms with van der Waals surface area (Å²) in [5.74, 6) is 0.257. The smallest absolute Gasteiger partial charge is 0.246 e. The molecule has 0 bridgehead atoms. The second kappa shape index (κ2) is 7.81. The average Bonchev–Trinajstić information content (AvgIpc) is 3.10. The fourth-order valence-corrected chi connectivity index (χ4v) is 3.59. The zero-order chi connectivity index (χ0) is 18.6. The molecule has 1 fully saturated rings. The van der Waals surface area contributed by atoms with Crippen molar-refractivity contribution in [1.82, 2.24) is 21.1 Å². The maximum Gasteiger partial charge on any atom is 0.246 e. The van der Waals surface area contributed by atoms with E-state index in [1.165, 1.54) is 12.1 Å². The number of nitrogens with one attached hydrogen (secondary N) is 5. The van der Waals surface area contributed by atoms with E-state index in [4.69, 9.17) is 4.74 Å². The van der Waals surface area contributed by atoms with Crippen LogP contribution in [0.3, 0.4) is 0 Å². The van der Waals surface area contributed by atoms with Gasteiger partial charge in [-0.05, 0) is 36.4 Å². The van der Waals surface area contributed by atoms with Gasteiger partial charge in [-0.3, -0.25) is 4.79 Å². The Balaban J connectivity index is 1.68. The summed E-state index contributed by atoms with van der Waals surface area (Å²) in [6.07, 6.45) is -0.876. The summed E-state index contributed by atoms with van der Waals surface area (Å²) in [6.45, 7) is 0. The van der Waals surface area contributed by atoms with E-state index in [2.05, 4.69) is 26.4 Å². The molecule has 2 aromatic rings. The fourth-order valence-electron chi connectivity index (χ4n) is 2.41. The third-order valence-electron chi connectivity index (χ3n) is 3.76. The van der Waals surface area contributed by atoms with Gasteiger partial charge in [0.15, 0.2) is 0 Å². The second-order valence-electron chi connectivity index (χ2n) is 5.52. The lowest BCUT2D eigenvalue weighted by Gasteiger charge is -2.19. The SMILES string of the molecule is COc1ccc(NC(=O)C2NNNC2NS(=O)(=O)c2ccccc2)cc1. The Hall–Kier alpha value is -2.50. The fraction of sp³-hybridized carbons (Fsp3) is 0.188. The van der Waals surface area contributed by atoms with Gasteiger partial charge in [-0.1, -0.05) is 18.2 Å². The molecule has 1 saturated heterocycles. The van der Waals surface area contributed by atoms with E-state index in [9.17, 15) is 13.2 Å². The molecule has 1 heterocycles. The third kappa shape index (κ3) is 4.18. The van der Waals surface area contributed by atoms with Crippen LogP contribution in [-0.2, 0) is 14.8 Å². The molecule has 1 aliphatic rings. The molecule has 0 radical (unpaired) electrons. The summed E-state index contributed by atoms with van der Waals surface area (Å²) < 4.78 is 32.4. The van der Waals surface area contributed by atoms with Crippen molar-refractivity contribution >= 4 is 21.6 Å². The largest absolute Gasteiger partial charge is 0.497 e. The lowest BCUT2D eigenvalue weighted by atomic mass is 10.2. The van der Waals surface area contributed by atoms with Crippen molar-refractivity contribution in [3.63, 3.8) is 0 Å². The first kappa shape index (κ1) is 18.3. The molecule has 26 heavy (non-hydrogen) atoms. The Bertz CT molecular complexity index is 858. The van der Waals surface area contributed by atoms with Gasteiger partial charge in [0, 0.05) is 5.69 Å². The number of benzene rings is 2. The first-order valence-electron chi connectivity index (χ1n) is 7.78. The molecule has 5 N–H and O–H groups in total. The van der Waals surface area contributed by atoms with Crippen LogP contribution in [0.2, 0.25) is 0 Å². The highest BCUT2D eigenvalue weighted by Gasteiger charge is 2.35. The van der Waals surface area contributed by atoms with Gasteiger partial charge in [0.25, 0.3) is 0 Å². The van der Waals surface area contributed by atoms with Crippen molar-refractivity contribution in [3.8, 4) is 5.75 Å². The summed E-state index contributed by atoms with van der Waals surface area (Å²) in [5, 5.41) is 2.72. The molecule has 0 spiro atoms. The van der Waals surface area contributed by atoms with Gasteiger partial charge < -0.3 is 10.1 Å². The number of hydrogen-bond acceptors (Lipinski definition) is 7. The number of sulfonamides is 1. The molecule has 1 amide bonds. The van der Waals surface area contributed by atoms with Gasteiger partial charge in [0.1, 0.15) is 18.0 Å². The molecule has 0 aromatic heterocycles. The Morgan fingerprint density at radius 1 is 1.04 bits per heavy atom. The zero-order valence-corrected chi connectivity index (χ0v) is 14.7. The summed E-state index contributed by atoms with van der Waals surface area (Å²) in [7, 11) is -2.23. The number of ether oxygens (including phenoxy) is 1. The van der Waals surface area contributed by atoms with Crippen LogP contribution in [-0.4, -0.2) is 33.6 Å². The van der Waals surface area contributed by atoms with Crippen LogP contribution in [0.5, 0.6) is 5.75 Å². The number of anilines is 1. The predicted molar refractivity (Wildman–Crippen MR) is 95.4 cm³/mol. The normalized spacial score (nSPS) is 19.9. The molecule has 10 heteroatoms. The first-order chi connectivity index (χ1) is 12.5. The summed E-state index contributed by atoms with van der Waals surface area (Å²) >= 11 is 0. The van der Waals surface area contributed by atoms with Gasteiger partial charge in [-0.2, -0.15) is 10.3 Å². The summed E-state index contributed by atoms with van der Waals surface area (Å²) in [6, 6.07) is 13.9. The minimum atomic E-state index is -3.78. The highest BCUT2D eigenvalue weighted by molar-refractivity contribution is 7.89. The third-order valence-corrected chi connectivity index (χ3v) is 5.22. The lowest BCUT2D eigenvalue weighted by molar-refractivity contribution is -0.118. The molecule has 1 aliphatic heterocycles. The molecule has 138 valence electrons. The Morgan fingerprint density at radius 3 is 2.38 bits per heavy atom. The molecule has 2 atom stereocenters. The minimum Gasteiger partial charge on any atom is -0.497 e. The van der Waals surface area contributed by atoms with E-state index in [0.717, 1.165) is 0 Å². The standard InChI is InChI=1S/C16H19N5O4S/c1-25-12-9-7-11(8-10-12)17-16(22)14-15(19-21-18-14)20-26(23,24)13-5-3-2-4-6-13/h2-10,14-15,18-21H,1H3,(H,17,22). The molecule has 2 unspecified atom stereocenters. The van der Waals surface area contributed by atoms with Gasteiger partial charge in [-0.25, -0.2) is 19.3 Å². The van der Waals surface area contributed by atoms with Crippen molar-refractivity contribution in [1.29, 1.82) is 0 Å². The van der Waals surface area contributed by atoms with Crippen molar-refractivity contribution in [2.75, 3.05) is 12.4 Å². The quantitative estimate of drug-likeness (QED) is 0.477. The lowest BCUT2D eigenvalue weighted by Crippen LogP contribution is -2.53. The number of amides is 1. The highest BCUT2D eigenvalue weighted by Crippen LogP contribution is 2.16. The highest BCUT2D eigenvalue weighted by atomic mass is 32.2. The van der Waals surface area contributed by atoms with Crippen LogP contribution in [0, 0.1) is 0 Å². The molecule has 3 rings (SSSR count). The van der Waals surface area contributed by atoms with Crippen LogP contribution in [0.25, 0.3) is 0 Å². The maximum absolute atomic E-state index is 12.5. The number of carbonyl (C=O) groups excluding carboxylic acids is 1. The van der Waals surface area contributed by atoms with E-state index in [1.54, 1.807) is 49.6 Å². The van der Waals surface area contributed by atoms with E-state index in [-0.39, 0.29) is 4.90 Å². The van der Waals surface area contributed by atoms with Crippen LogP contribution in [0.1, 0.15) is 0 Å². The van der Waals surface area contributed by atoms with Gasteiger partial charge in [0.05, 0.1) is 12.0 Å². The van der Waals surface area contributed by atoms with Gasteiger partial charge in [0.2, 0.25) is 15.9 Å². The van der Waals surface area contributed by atoms with Crippen LogP contribution in [0.4, 0.5) is 5.69 Å². The van der Waals surface area contributed by atoms with Crippen LogP contribution in [0.15, 0.2) is 59.5 Å². The molecule has 0 aliphatic carbocycles. The topological polar surface area (TPSA) is 121 Å². The van der Waals surface area contributed by atoms with Gasteiger partial charge in [-0.15, -0.1) is 0 Å². The average molecular weight is 377 g/mol. The van der Waals surface area contributed by atoms with Crippen molar-refractivity contribution in [2.24, 2.45) is 0 Å². The summed E-state index contributed by atoms with van der Waals surface area (Å²) in [5.41, 5.74) is 8.52. The Morgan fingerprint density at radius 2 is 1.73 bits per heavy atom. The number of hydrazine groups is 2. The molecular formula is C16H19N5O4S. The number of carbonyl (C=O) groups is 1. The number of methoxy groups -OCH3 is 1. The van der Waals surface area contributed by atoms with E-state index < -0.39 is 28.1 Å². The van der Waals surface area contributed by atoms with E-state index in [0.29, 0.717) is 11.4 Å². The predicted octanol–water partition coefficient (Wildman–Crippen LogP) is -0.0807. The van der Waals surface area contributed by atoms with Crippen molar-refractivity contribution in [2.45, 2.75) is 17.1 Å². The van der Waals surface area contributed by atoms with Crippen LogP contribution >= 0.6 is 0 Å². The van der Waals surface area contributed by atoms with Crippen molar-refractivity contribution in [3.05, 3.63) is 54.6 Å². The zero-order valence-electron chi connectivity index (χ0n) is 13.9. The first-order valence-corrected chi connectivity index (χ1v) is 9.26. The van der Waals surface area contributed by atoms with Gasteiger partial charge >= 0.3 is 0 Å². The minimum absolute atomic E-state index is 0.114. The Kier molecular flexibility index (Phi) is 5.49. The number of hydrogen-bond donors (Lipinski definition) is 5. The monoisotopic (exact) mass is 377 g/mol.